The molecule has 1 unspecified atom stereocenters. The van der Waals surface area contributed by atoms with Gasteiger partial charge in [0, 0.05) is 4.92 Å². The van der Waals surface area contributed by atoms with Crippen molar-refractivity contribution in [2.45, 2.75) is 39.2 Å². The number of benzene rings is 1. The average Bonchev–Trinajstić information content (AvgIpc) is 2.96. The minimum atomic E-state index is -0.997. The molecule has 0 amide bonds. The van der Waals surface area contributed by atoms with Crippen molar-refractivity contribution in [1.29, 1.82) is 0 Å². The molecule has 1 aliphatic heterocycles. The number of hydrogen-bond acceptors (Lipinski definition) is 4. The first-order chi connectivity index (χ1) is 9.16. The smallest absolute Gasteiger partial charge is 0.423 e. The Morgan fingerprint density at radius 3 is 2.89 bits per heavy atom. The fraction of sp³-hybridized carbons (Fsp3) is 0.538. The molecule has 0 bridgehead atoms. The van der Waals surface area contributed by atoms with Gasteiger partial charge in [0.25, 0.3) is 0 Å². The summed E-state index contributed by atoms with van der Waals surface area (Å²) in [5.41, 5.74) is 3.95. The molecule has 19 heavy (non-hydrogen) atoms. The first-order valence-corrected chi connectivity index (χ1v) is 6.76. The number of nitrogens with zero attached hydrogens (tertiary/aromatic N) is 1. The highest BCUT2D eigenvalue weighted by molar-refractivity contribution is 6.62. The Kier molecular flexibility index (Phi) is 4.22. The zero-order valence-corrected chi connectivity index (χ0v) is 11.3. The van der Waals surface area contributed by atoms with Crippen LogP contribution in [0.5, 0.6) is 0 Å². The Balaban J connectivity index is 0.000000637. The van der Waals surface area contributed by atoms with E-state index in [2.05, 4.69) is 0 Å². The molecule has 0 aromatic heterocycles. The van der Waals surface area contributed by atoms with Crippen molar-refractivity contribution in [3.05, 3.63) is 38.9 Å². The molecule has 1 aromatic rings. The van der Waals surface area contributed by atoms with E-state index in [0.717, 1.165) is 35.9 Å². The number of rotatable bonds is 2. The lowest BCUT2D eigenvalue weighted by atomic mass is 9.75. The van der Waals surface area contributed by atoms with Crippen molar-refractivity contribution < 1.29 is 14.6 Å². The van der Waals surface area contributed by atoms with Crippen LogP contribution in [-0.4, -0.2) is 23.6 Å². The Labute approximate surface area is 112 Å². The lowest BCUT2D eigenvalue weighted by Crippen LogP contribution is -2.31. The Morgan fingerprint density at radius 2 is 2.21 bits per heavy atom. The third kappa shape index (κ3) is 2.50. The van der Waals surface area contributed by atoms with Crippen LogP contribution in [0.15, 0.2) is 12.1 Å². The van der Waals surface area contributed by atoms with Gasteiger partial charge in [-0.1, -0.05) is 26.0 Å². The molecule has 0 fully saturated rings. The van der Waals surface area contributed by atoms with Crippen LogP contribution in [0.4, 0.5) is 0 Å². The van der Waals surface area contributed by atoms with Gasteiger partial charge in [-0.2, -0.15) is 0 Å². The predicted octanol–water partition coefficient (Wildman–Crippen LogP) is 1.24. The van der Waals surface area contributed by atoms with Gasteiger partial charge in [0.15, 0.2) is 0 Å². The lowest BCUT2D eigenvalue weighted by Gasteiger charge is -2.08. The average molecular weight is 263 g/mol. The van der Waals surface area contributed by atoms with E-state index in [1.54, 1.807) is 0 Å². The highest BCUT2D eigenvalue weighted by atomic mass is 16.6. The lowest BCUT2D eigenvalue weighted by molar-refractivity contribution is -0.490. The van der Waals surface area contributed by atoms with Gasteiger partial charge in [-0.15, -0.1) is 0 Å². The molecule has 3 rings (SSSR count). The van der Waals surface area contributed by atoms with Gasteiger partial charge in [-0.05, 0) is 41.4 Å². The quantitative estimate of drug-likeness (QED) is 0.495. The normalized spacial score (nSPS) is 19.5. The van der Waals surface area contributed by atoms with Crippen molar-refractivity contribution in [3.8, 4) is 0 Å². The van der Waals surface area contributed by atoms with E-state index < -0.39 is 18.1 Å². The van der Waals surface area contributed by atoms with Crippen LogP contribution in [0.1, 0.15) is 43.1 Å². The summed E-state index contributed by atoms with van der Waals surface area (Å²) in [5.74, 6) is 0. The van der Waals surface area contributed by atoms with Crippen LogP contribution in [0.25, 0.3) is 0 Å². The maximum Gasteiger partial charge on any atom is 0.492 e. The maximum atomic E-state index is 10.5. The fourth-order valence-electron chi connectivity index (χ4n) is 2.86. The first kappa shape index (κ1) is 14.0. The number of fused-ring (bicyclic) bond motifs is 3. The third-order valence-corrected chi connectivity index (χ3v) is 3.56. The van der Waals surface area contributed by atoms with E-state index in [4.69, 9.17) is 4.65 Å². The summed E-state index contributed by atoms with van der Waals surface area (Å²) in [6.45, 7) is 3.71. The molecule has 6 heteroatoms. The summed E-state index contributed by atoms with van der Waals surface area (Å²) in [6.07, 6.45) is 2.43. The van der Waals surface area contributed by atoms with E-state index >= 15 is 0 Å². The molecule has 5 nitrogen and oxygen atoms in total. The Morgan fingerprint density at radius 1 is 1.47 bits per heavy atom. The minimum Gasteiger partial charge on any atom is -0.423 e. The summed E-state index contributed by atoms with van der Waals surface area (Å²) in [6, 6.07) is 3.87. The largest absolute Gasteiger partial charge is 0.492 e. The topological polar surface area (TPSA) is 72.6 Å². The zero-order chi connectivity index (χ0) is 14.0. The van der Waals surface area contributed by atoms with Gasteiger partial charge in [0.05, 0.1) is 0 Å². The highest BCUT2D eigenvalue weighted by Gasteiger charge is 2.40. The van der Waals surface area contributed by atoms with Crippen molar-refractivity contribution in [1.82, 2.24) is 0 Å². The molecule has 1 aliphatic carbocycles. The molecule has 1 atom stereocenters. The van der Waals surface area contributed by atoms with E-state index in [1.807, 2.05) is 26.0 Å². The first-order valence-electron chi connectivity index (χ1n) is 6.76. The summed E-state index contributed by atoms with van der Waals surface area (Å²) in [7, 11) is -0.997. The van der Waals surface area contributed by atoms with Crippen molar-refractivity contribution >= 4 is 12.6 Å². The second kappa shape index (κ2) is 5.71. The van der Waals surface area contributed by atoms with E-state index in [0.29, 0.717) is 0 Å². The number of hydrogen-bond donors (Lipinski definition) is 1. The van der Waals surface area contributed by atoms with Gasteiger partial charge in [-0.25, -0.2) is 0 Å². The van der Waals surface area contributed by atoms with Crippen LogP contribution in [0, 0.1) is 10.1 Å². The SMILES string of the molecule is CC.O=[N+]([O-])CC1OB(O)c2c1ccc1c2CCC1. The van der Waals surface area contributed by atoms with Crippen LogP contribution >= 0.6 is 0 Å². The van der Waals surface area contributed by atoms with Crippen LogP contribution < -0.4 is 5.46 Å². The Bertz CT molecular complexity index is 492. The van der Waals surface area contributed by atoms with Gasteiger partial charge in [-0.3, -0.25) is 10.1 Å². The molecule has 0 saturated carbocycles. The second-order valence-corrected chi connectivity index (χ2v) is 4.55. The van der Waals surface area contributed by atoms with E-state index in [1.165, 1.54) is 5.56 Å². The fourth-order valence-corrected chi connectivity index (χ4v) is 2.86. The monoisotopic (exact) mass is 263 g/mol. The van der Waals surface area contributed by atoms with Crippen LogP contribution in [-0.2, 0) is 17.5 Å². The molecule has 102 valence electrons. The van der Waals surface area contributed by atoms with Gasteiger partial charge in [0.2, 0.25) is 6.54 Å². The van der Waals surface area contributed by atoms with Gasteiger partial charge >= 0.3 is 7.12 Å². The molecule has 1 N–H and O–H groups in total. The van der Waals surface area contributed by atoms with E-state index in [-0.39, 0.29) is 6.54 Å². The summed E-state index contributed by atoms with van der Waals surface area (Å²) >= 11 is 0. The third-order valence-electron chi connectivity index (χ3n) is 3.56. The molecule has 2 aliphatic rings. The molecule has 1 aromatic carbocycles. The van der Waals surface area contributed by atoms with E-state index in [9.17, 15) is 15.1 Å². The molecular formula is C13H18BNO4. The van der Waals surface area contributed by atoms with Gasteiger partial charge in [0.1, 0.15) is 6.10 Å². The summed E-state index contributed by atoms with van der Waals surface area (Å²) < 4.78 is 5.28. The van der Waals surface area contributed by atoms with Crippen molar-refractivity contribution in [3.63, 3.8) is 0 Å². The molecule has 0 spiro atoms. The minimum absolute atomic E-state index is 0.289. The molecule has 0 saturated heterocycles. The van der Waals surface area contributed by atoms with Crippen LogP contribution in [0.2, 0.25) is 0 Å². The zero-order valence-electron chi connectivity index (χ0n) is 11.3. The second-order valence-electron chi connectivity index (χ2n) is 4.55. The standard InChI is InChI=1S/C11H12BNO4.C2H6/c14-12-11-8-3-1-2-7(8)4-5-9(11)10(17-12)6-13(15)16;1-2/h4-5,10,14H,1-3,6H2;1-2H3. The Hall–Kier alpha value is -1.40. The maximum absolute atomic E-state index is 10.5. The molecular weight excluding hydrogens is 245 g/mol. The highest BCUT2D eigenvalue weighted by Crippen LogP contribution is 2.30. The van der Waals surface area contributed by atoms with Crippen LogP contribution in [0.3, 0.4) is 0 Å². The predicted molar refractivity (Wildman–Crippen MR) is 73.1 cm³/mol. The molecule has 0 radical (unpaired) electrons. The van der Waals surface area contributed by atoms with Crippen molar-refractivity contribution in [2.75, 3.05) is 6.54 Å². The molecule has 1 heterocycles. The van der Waals surface area contributed by atoms with Crippen molar-refractivity contribution in [2.24, 2.45) is 0 Å². The number of nitro groups is 1. The summed E-state index contributed by atoms with van der Waals surface area (Å²) in [4.78, 5) is 10.1. The summed E-state index contributed by atoms with van der Waals surface area (Å²) in [5, 5.41) is 20.4. The van der Waals surface area contributed by atoms with Gasteiger partial charge < -0.3 is 9.68 Å². The number of aryl methyl sites for hydroxylation is 1.